The molecular weight excluding hydrogens is 378 g/mol. The average molecular weight is 404 g/mol. The second-order valence-electron chi connectivity index (χ2n) is 6.63. The fourth-order valence-electron chi connectivity index (χ4n) is 2.57. The van der Waals surface area contributed by atoms with Crippen molar-refractivity contribution >= 4 is 34.3 Å². The minimum atomic E-state index is -0.718. The molecule has 2 rings (SSSR count). The smallest absolute Gasteiger partial charge is 0.311 e. The Labute approximate surface area is 168 Å². The van der Waals surface area contributed by atoms with Crippen LogP contribution < -0.4 is 10.6 Å². The molecule has 7 nitrogen and oxygen atoms in total. The SMILES string of the molecule is CCOC(=O)Cc1csc(NC(=O)[C@@H](NC(=O)c2ccccc2C)C(C)C)n1. The number of benzene rings is 1. The van der Waals surface area contributed by atoms with Crippen molar-refractivity contribution in [1.29, 1.82) is 0 Å². The molecule has 2 amide bonds. The topological polar surface area (TPSA) is 97.4 Å². The second-order valence-corrected chi connectivity index (χ2v) is 7.48. The zero-order valence-electron chi connectivity index (χ0n) is 16.4. The Bertz CT molecular complexity index is 847. The number of aromatic nitrogens is 1. The molecule has 0 radical (unpaired) electrons. The molecule has 150 valence electrons. The Morgan fingerprint density at radius 3 is 2.57 bits per heavy atom. The van der Waals surface area contributed by atoms with Gasteiger partial charge in [0.1, 0.15) is 6.04 Å². The van der Waals surface area contributed by atoms with Gasteiger partial charge in [-0.25, -0.2) is 4.98 Å². The number of ether oxygens (including phenoxy) is 1. The van der Waals surface area contributed by atoms with E-state index >= 15 is 0 Å². The van der Waals surface area contributed by atoms with Gasteiger partial charge >= 0.3 is 5.97 Å². The van der Waals surface area contributed by atoms with Crippen LogP contribution in [0.15, 0.2) is 29.6 Å². The van der Waals surface area contributed by atoms with Crippen LogP contribution in [-0.4, -0.2) is 35.4 Å². The molecule has 1 heterocycles. The molecule has 2 aromatic rings. The van der Waals surface area contributed by atoms with Crippen molar-refractivity contribution in [1.82, 2.24) is 10.3 Å². The largest absolute Gasteiger partial charge is 0.466 e. The fraction of sp³-hybridized carbons (Fsp3) is 0.400. The van der Waals surface area contributed by atoms with Gasteiger partial charge in [0.2, 0.25) is 5.91 Å². The van der Waals surface area contributed by atoms with Gasteiger partial charge in [0.25, 0.3) is 5.91 Å². The van der Waals surface area contributed by atoms with Crippen LogP contribution in [0.4, 0.5) is 5.13 Å². The zero-order chi connectivity index (χ0) is 20.7. The van der Waals surface area contributed by atoms with E-state index in [1.807, 2.05) is 32.9 Å². The van der Waals surface area contributed by atoms with Crippen molar-refractivity contribution in [2.75, 3.05) is 11.9 Å². The predicted molar refractivity (Wildman–Crippen MR) is 108 cm³/mol. The van der Waals surface area contributed by atoms with E-state index in [9.17, 15) is 14.4 Å². The first-order valence-corrected chi connectivity index (χ1v) is 9.97. The lowest BCUT2D eigenvalue weighted by Gasteiger charge is -2.21. The number of hydrogen-bond acceptors (Lipinski definition) is 6. The molecule has 0 unspecified atom stereocenters. The van der Waals surface area contributed by atoms with Crippen molar-refractivity contribution in [3.63, 3.8) is 0 Å². The third-order valence-electron chi connectivity index (χ3n) is 4.04. The summed E-state index contributed by atoms with van der Waals surface area (Å²) >= 11 is 1.22. The summed E-state index contributed by atoms with van der Waals surface area (Å²) in [6.07, 6.45) is 0.0534. The van der Waals surface area contributed by atoms with E-state index in [1.54, 1.807) is 24.4 Å². The van der Waals surface area contributed by atoms with E-state index in [-0.39, 0.29) is 30.1 Å². The minimum absolute atomic E-state index is 0.0534. The second kappa shape index (κ2) is 9.98. The van der Waals surface area contributed by atoms with Crippen molar-refractivity contribution in [2.24, 2.45) is 5.92 Å². The maximum Gasteiger partial charge on any atom is 0.311 e. The van der Waals surface area contributed by atoms with Gasteiger partial charge in [-0.1, -0.05) is 32.0 Å². The number of carbonyl (C=O) groups is 3. The monoisotopic (exact) mass is 403 g/mol. The summed E-state index contributed by atoms with van der Waals surface area (Å²) in [6.45, 7) is 7.61. The highest BCUT2D eigenvalue weighted by Gasteiger charge is 2.26. The molecule has 0 saturated heterocycles. The van der Waals surface area contributed by atoms with Crippen LogP contribution in [-0.2, 0) is 20.7 Å². The van der Waals surface area contributed by atoms with E-state index in [1.165, 1.54) is 11.3 Å². The first-order chi connectivity index (χ1) is 13.3. The lowest BCUT2D eigenvalue weighted by atomic mass is 10.0. The highest BCUT2D eigenvalue weighted by Crippen LogP contribution is 2.18. The molecule has 0 spiro atoms. The Morgan fingerprint density at radius 1 is 1.21 bits per heavy atom. The predicted octanol–water partition coefficient (Wildman–Crippen LogP) is 2.95. The molecule has 0 aliphatic rings. The third kappa shape index (κ3) is 5.88. The molecule has 0 saturated carbocycles. The Hall–Kier alpha value is -2.74. The zero-order valence-corrected chi connectivity index (χ0v) is 17.3. The van der Waals surface area contributed by atoms with Crippen LogP contribution in [0.3, 0.4) is 0 Å². The summed E-state index contributed by atoms with van der Waals surface area (Å²) in [6, 6.07) is 6.49. The summed E-state index contributed by atoms with van der Waals surface area (Å²) in [5, 5.41) is 7.60. The van der Waals surface area contributed by atoms with E-state index in [4.69, 9.17) is 4.74 Å². The van der Waals surface area contributed by atoms with Crippen molar-refractivity contribution in [3.05, 3.63) is 46.5 Å². The van der Waals surface area contributed by atoms with Gasteiger partial charge in [-0.2, -0.15) is 0 Å². The average Bonchev–Trinajstić information content (AvgIpc) is 3.06. The highest BCUT2D eigenvalue weighted by molar-refractivity contribution is 7.13. The van der Waals surface area contributed by atoms with Gasteiger partial charge in [0.15, 0.2) is 5.13 Å². The Balaban J connectivity index is 2.03. The van der Waals surface area contributed by atoms with Crippen LogP contribution in [0.5, 0.6) is 0 Å². The first kappa shape index (κ1) is 21.6. The molecule has 1 atom stereocenters. The number of aryl methyl sites for hydroxylation is 1. The summed E-state index contributed by atoms with van der Waals surface area (Å²) in [7, 11) is 0. The summed E-state index contributed by atoms with van der Waals surface area (Å²) in [4.78, 5) is 41.0. The molecule has 1 aromatic carbocycles. The van der Waals surface area contributed by atoms with Crippen molar-refractivity contribution < 1.29 is 19.1 Å². The van der Waals surface area contributed by atoms with E-state index in [2.05, 4.69) is 15.6 Å². The van der Waals surface area contributed by atoms with Gasteiger partial charge < -0.3 is 15.4 Å². The highest BCUT2D eigenvalue weighted by atomic mass is 32.1. The lowest BCUT2D eigenvalue weighted by molar-refractivity contribution is -0.142. The summed E-state index contributed by atoms with van der Waals surface area (Å²) < 4.78 is 4.89. The molecule has 0 bridgehead atoms. The number of amides is 2. The van der Waals surface area contributed by atoms with Gasteiger partial charge in [-0.15, -0.1) is 11.3 Å². The fourth-order valence-corrected chi connectivity index (χ4v) is 3.28. The molecule has 2 N–H and O–H groups in total. The van der Waals surface area contributed by atoms with Crippen molar-refractivity contribution in [2.45, 2.75) is 40.2 Å². The number of nitrogens with one attached hydrogen (secondary N) is 2. The standard InChI is InChI=1S/C20H25N3O4S/c1-5-27-16(24)10-14-11-28-20(21-14)23-19(26)17(12(2)3)22-18(25)15-9-7-6-8-13(15)4/h6-9,11-12,17H,5,10H2,1-4H3,(H,22,25)(H,21,23,26)/t17-/m0/s1. The van der Waals surface area contributed by atoms with Crippen molar-refractivity contribution in [3.8, 4) is 0 Å². The van der Waals surface area contributed by atoms with Gasteiger partial charge in [-0.05, 0) is 31.4 Å². The van der Waals surface area contributed by atoms with E-state index in [0.717, 1.165) is 5.56 Å². The van der Waals surface area contributed by atoms with Crippen LogP contribution in [0.2, 0.25) is 0 Å². The summed E-state index contributed by atoms with van der Waals surface area (Å²) in [5.74, 6) is -1.13. The number of esters is 1. The third-order valence-corrected chi connectivity index (χ3v) is 4.84. The molecule has 28 heavy (non-hydrogen) atoms. The normalized spacial score (nSPS) is 11.8. The molecule has 1 aromatic heterocycles. The van der Waals surface area contributed by atoms with Crippen LogP contribution >= 0.6 is 11.3 Å². The number of carbonyl (C=O) groups excluding carboxylic acids is 3. The maximum atomic E-state index is 12.7. The van der Waals surface area contributed by atoms with Gasteiger partial charge in [0.05, 0.1) is 18.7 Å². The Morgan fingerprint density at radius 2 is 1.93 bits per heavy atom. The molecule has 0 aliphatic heterocycles. The van der Waals surface area contributed by atoms with Crippen LogP contribution in [0.25, 0.3) is 0 Å². The first-order valence-electron chi connectivity index (χ1n) is 9.09. The summed E-state index contributed by atoms with van der Waals surface area (Å²) in [5.41, 5.74) is 1.90. The maximum absolute atomic E-state index is 12.7. The quantitative estimate of drug-likeness (QED) is 0.661. The van der Waals surface area contributed by atoms with Gasteiger partial charge in [0, 0.05) is 10.9 Å². The number of rotatable bonds is 8. The number of thiazole rings is 1. The van der Waals surface area contributed by atoms with E-state index in [0.29, 0.717) is 23.0 Å². The Kier molecular flexibility index (Phi) is 7.69. The molecule has 8 heteroatoms. The van der Waals surface area contributed by atoms with E-state index < -0.39 is 6.04 Å². The molecular formula is C20H25N3O4S. The van der Waals surface area contributed by atoms with Crippen LogP contribution in [0, 0.1) is 12.8 Å². The minimum Gasteiger partial charge on any atom is -0.466 e. The number of hydrogen-bond donors (Lipinski definition) is 2. The molecule has 0 fully saturated rings. The lowest BCUT2D eigenvalue weighted by Crippen LogP contribution is -2.47. The molecule has 0 aliphatic carbocycles. The number of nitrogens with zero attached hydrogens (tertiary/aromatic N) is 1. The number of anilines is 1. The van der Waals surface area contributed by atoms with Crippen LogP contribution in [0.1, 0.15) is 42.4 Å². The van der Waals surface area contributed by atoms with Gasteiger partial charge in [-0.3, -0.25) is 14.4 Å².